The molecule has 0 radical (unpaired) electrons. The molecule has 0 bridgehead atoms. The smallest absolute Gasteiger partial charge is 0.248 e. The predicted molar refractivity (Wildman–Crippen MR) is 63.1 cm³/mol. The summed E-state index contributed by atoms with van der Waals surface area (Å²) in [5.74, 6) is 0.918. The summed E-state index contributed by atoms with van der Waals surface area (Å²) in [4.78, 5) is 25.9. The number of hydrogen-bond donors (Lipinski definition) is 3. The van der Waals surface area contributed by atoms with Crippen molar-refractivity contribution in [2.75, 3.05) is 13.1 Å². The predicted octanol–water partition coefficient (Wildman–Crippen LogP) is -0.646. The van der Waals surface area contributed by atoms with Crippen molar-refractivity contribution < 1.29 is 9.59 Å². The Morgan fingerprint density at radius 2 is 2.12 bits per heavy atom. The highest BCUT2D eigenvalue weighted by molar-refractivity contribution is 6.02. The number of aliphatic imine (C=N–C) groups is 1. The number of nitrogens with two attached hydrogens (primary N) is 1. The molecule has 0 saturated heterocycles. The topological polar surface area (TPSA) is 96.6 Å². The first-order valence-corrected chi connectivity index (χ1v) is 6.02. The number of hydrogen-bond acceptors (Lipinski definition) is 4. The van der Waals surface area contributed by atoms with E-state index in [0.29, 0.717) is 11.9 Å². The van der Waals surface area contributed by atoms with E-state index in [9.17, 15) is 9.59 Å². The van der Waals surface area contributed by atoms with Crippen molar-refractivity contribution in [2.45, 2.75) is 25.7 Å². The third-order valence-electron chi connectivity index (χ3n) is 3.45. The molecule has 0 unspecified atom stereocenters. The first-order valence-electron chi connectivity index (χ1n) is 6.02. The lowest BCUT2D eigenvalue weighted by Crippen LogP contribution is -2.40. The molecular formula is C11H18N4O2. The molecule has 1 aliphatic heterocycles. The zero-order valence-electron chi connectivity index (χ0n) is 9.74. The molecule has 0 atom stereocenters. The Balaban J connectivity index is 1.68. The van der Waals surface area contributed by atoms with E-state index in [2.05, 4.69) is 15.6 Å². The molecule has 6 nitrogen and oxygen atoms in total. The highest BCUT2D eigenvalue weighted by Crippen LogP contribution is 2.27. The zero-order chi connectivity index (χ0) is 12.3. The maximum absolute atomic E-state index is 11.0. The van der Waals surface area contributed by atoms with Crippen molar-refractivity contribution in [2.24, 2.45) is 22.6 Å². The maximum atomic E-state index is 11.0. The lowest BCUT2D eigenvalue weighted by Gasteiger charge is -2.26. The average molecular weight is 238 g/mol. The van der Waals surface area contributed by atoms with Crippen molar-refractivity contribution in [3.63, 3.8) is 0 Å². The van der Waals surface area contributed by atoms with Crippen LogP contribution in [0.25, 0.3) is 0 Å². The van der Waals surface area contributed by atoms with Gasteiger partial charge in [-0.1, -0.05) is 0 Å². The molecule has 94 valence electrons. The van der Waals surface area contributed by atoms with E-state index in [4.69, 9.17) is 5.73 Å². The van der Waals surface area contributed by atoms with E-state index < -0.39 is 0 Å². The van der Waals surface area contributed by atoms with E-state index in [1.165, 1.54) is 0 Å². The third-order valence-corrected chi connectivity index (χ3v) is 3.45. The van der Waals surface area contributed by atoms with Crippen LogP contribution in [0.3, 0.4) is 0 Å². The number of rotatable bonds is 3. The van der Waals surface area contributed by atoms with Crippen LogP contribution in [-0.4, -0.2) is 30.9 Å². The number of nitrogens with one attached hydrogen (secondary N) is 2. The first-order chi connectivity index (χ1) is 8.15. The minimum absolute atomic E-state index is 0.0507. The second-order valence-electron chi connectivity index (χ2n) is 4.71. The normalized spacial score (nSPS) is 28.5. The van der Waals surface area contributed by atoms with E-state index in [0.717, 1.165) is 32.2 Å². The molecule has 0 aromatic carbocycles. The molecule has 17 heavy (non-hydrogen) atoms. The molecule has 1 aliphatic carbocycles. The summed E-state index contributed by atoms with van der Waals surface area (Å²) in [5.41, 5.74) is 5.28. The number of carbonyl (C=O) groups is 2. The van der Waals surface area contributed by atoms with Crippen molar-refractivity contribution in [3.8, 4) is 0 Å². The maximum Gasteiger partial charge on any atom is 0.248 e. The summed E-state index contributed by atoms with van der Waals surface area (Å²) in [6.07, 6.45) is 3.75. The van der Waals surface area contributed by atoms with Crippen LogP contribution in [0.2, 0.25) is 0 Å². The summed E-state index contributed by atoms with van der Waals surface area (Å²) < 4.78 is 0. The van der Waals surface area contributed by atoms with Crippen LogP contribution in [0.15, 0.2) is 4.99 Å². The van der Waals surface area contributed by atoms with Crippen molar-refractivity contribution in [1.29, 1.82) is 0 Å². The lowest BCUT2D eigenvalue weighted by molar-refractivity contribution is -0.123. The largest absolute Gasteiger partial charge is 0.369 e. The second-order valence-corrected chi connectivity index (χ2v) is 4.71. The van der Waals surface area contributed by atoms with Gasteiger partial charge in [-0.25, -0.2) is 4.99 Å². The van der Waals surface area contributed by atoms with Gasteiger partial charge in [0.25, 0.3) is 0 Å². The lowest BCUT2D eigenvalue weighted by atomic mass is 9.82. The molecule has 2 amide bonds. The van der Waals surface area contributed by atoms with Gasteiger partial charge in [0.2, 0.25) is 11.8 Å². The summed E-state index contributed by atoms with van der Waals surface area (Å²) in [5, 5.41) is 5.77. The first kappa shape index (κ1) is 11.9. The Labute approximate surface area is 100 Å². The van der Waals surface area contributed by atoms with Gasteiger partial charge in [0.1, 0.15) is 6.54 Å². The molecule has 6 heteroatoms. The molecule has 1 saturated carbocycles. The van der Waals surface area contributed by atoms with Gasteiger partial charge in [0.05, 0.1) is 0 Å². The standard InChI is InChI=1S/C11H18N4O2/c12-10(17)8-3-1-7(2-4-8)5-13-11-14-6-9(16)15-11/h7-8H,1-6H2,(H2,12,17)(H2,13,14,15,16). The Bertz CT molecular complexity index is 345. The fourth-order valence-electron chi connectivity index (χ4n) is 2.35. The monoisotopic (exact) mass is 238 g/mol. The summed E-state index contributed by atoms with van der Waals surface area (Å²) in [7, 11) is 0. The van der Waals surface area contributed by atoms with Gasteiger partial charge in [-0.2, -0.15) is 0 Å². The van der Waals surface area contributed by atoms with Gasteiger partial charge in [-0.05, 0) is 31.6 Å². The van der Waals surface area contributed by atoms with Crippen LogP contribution >= 0.6 is 0 Å². The number of guanidine groups is 1. The number of primary amides is 1. The van der Waals surface area contributed by atoms with E-state index >= 15 is 0 Å². The second kappa shape index (κ2) is 5.16. The van der Waals surface area contributed by atoms with Crippen LogP contribution in [0.4, 0.5) is 0 Å². The van der Waals surface area contributed by atoms with Crippen LogP contribution in [-0.2, 0) is 9.59 Å². The third kappa shape index (κ3) is 3.18. The minimum atomic E-state index is -0.177. The van der Waals surface area contributed by atoms with Crippen molar-refractivity contribution in [3.05, 3.63) is 0 Å². The van der Waals surface area contributed by atoms with Gasteiger partial charge in [0.15, 0.2) is 5.96 Å². The SMILES string of the molecule is NC(=O)C1CCC(CNC2=NCC(=O)N2)CC1. The Hall–Kier alpha value is -1.59. The van der Waals surface area contributed by atoms with Gasteiger partial charge in [-0.15, -0.1) is 0 Å². The minimum Gasteiger partial charge on any atom is -0.369 e. The Morgan fingerprint density at radius 3 is 2.65 bits per heavy atom. The van der Waals surface area contributed by atoms with Crippen LogP contribution < -0.4 is 16.4 Å². The number of nitrogens with zero attached hydrogens (tertiary/aromatic N) is 1. The highest BCUT2D eigenvalue weighted by atomic mass is 16.2. The fraction of sp³-hybridized carbons (Fsp3) is 0.727. The molecule has 1 fully saturated rings. The summed E-state index contributed by atoms with van der Waals surface area (Å²) >= 11 is 0. The molecule has 4 N–H and O–H groups in total. The van der Waals surface area contributed by atoms with E-state index in [-0.39, 0.29) is 24.3 Å². The van der Waals surface area contributed by atoms with Gasteiger partial charge in [-0.3, -0.25) is 14.9 Å². The molecular weight excluding hydrogens is 220 g/mol. The molecule has 0 aromatic heterocycles. The van der Waals surface area contributed by atoms with Gasteiger partial charge < -0.3 is 11.1 Å². The summed E-state index contributed by atoms with van der Waals surface area (Å²) in [6, 6.07) is 0. The fourth-order valence-corrected chi connectivity index (χ4v) is 2.35. The summed E-state index contributed by atoms with van der Waals surface area (Å²) in [6.45, 7) is 1.02. The molecule has 2 rings (SSSR count). The van der Waals surface area contributed by atoms with Crippen LogP contribution in [0.1, 0.15) is 25.7 Å². The van der Waals surface area contributed by atoms with Crippen LogP contribution in [0, 0.1) is 11.8 Å². The highest BCUT2D eigenvalue weighted by Gasteiger charge is 2.25. The van der Waals surface area contributed by atoms with Gasteiger partial charge >= 0.3 is 0 Å². The van der Waals surface area contributed by atoms with Crippen molar-refractivity contribution in [1.82, 2.24) is 10.6 Å². The quantitative estimate of drug-likeness (QED) is 0.609. The number of amides is 2. The van der Waals surface area contributed by atoms with Gasteiger partial charge in [0, 0.05) is 12.5 Å². The van der Waals surface area contributed by atoms with E-state index in [1.807, 2.05) is 0 Å². The molecule has 0 aromatic rings. The Kier molecular flexibility index (Phi) is 3.61. The molecule has 1 heterocycles. The molecule has 0 spiro atoms. The molecule has 2 aliphatic rings. The van der Waals surface area contributed by atoms with Crippen molar-refractivity contribution >= 4 is 17.8 Å². The average Bonchev–Trinajstić information content (AvgIpc) is 2.73. The Morgan fingerprint density at radius 1 is 1.41 bits per heavy atom. The zero-order valence-corrected chi connectivity index (χ0v) is 9.74. The van der Waals surface area contributed by atoms with E-state index in [1.54, 1.807) is 0 Å². The van der Waals surface area contributed by atoms with Crippen LogP contribution in [0.5, 0.6) is 0 Å². The number of carbonyl (C=O) groups excluding carboxylic acids is 2.